The Bertz CT molecular complexity index is 426. The van der Waals surface area contributed by atoms with Crippen LogP contribution in [0.25, 0.3) is 0 Å². The van der Waals surface area contributed by atoms with Gasteiger partial charge >= 0.3 is 0 Å². The van der Waals surface area contributed by atoms with E-state index in [9.17, 15) is 8.42 Å². The molecule has 3 nitrogen and oxygen atoms in total. The number of sulfone groups is 1. The van der Waals surface area contributed by atoms with Crippen LogP contribution in [0.1, 0.15) is 5.56 Å². The summed E-state index contributed by atoms with van der Waals surface area (Å²) >= 11 is 1.42. The SMILES string of the molecule is CSc1cc(CN)ccc1S(C)(=O)=O. The van der Waals surface area contributed by atoms with E-state index in [2.05, 4.69) is 0 Å². The number of hydrogen-bond donors (Lipinski definition) is 1. The predicted octanol–water partition coefficient (Wildman–Crippen LogP) is 1.27. The van der Waals surface area contributed by atoms with E-state index in [1.54, 1.807) is 12.1 Å². The summed E-state index contributed by atoms with van der Waals surface area (Å²) in [5, 5.41) is 0. The zero-order valence-corrected chi connectivity index (χ0v) is 9.78. The topological polar surface area (TPSA) is 60.2 Å². The van der Waals surface area contributed by atoms with Crippen LogP contribution in [0.5, 0.6) is 0 Å². The van der Waals surface area contributed by atoms with Gasteiger partial charge in [0.1, 0.15) is 0 Å². The van der Waals surface area contributed by atoms with Crippen molar-refractivity contribution in [3.05, 3.63) is 23.8 Å². The maximum Gasteiger partial charge on any atom is 0.176 e. The minimum absolute atomic E-state index is 0.377. The van der Waals surface area contributed by atoms with E-state index in [1.807, 2.05) is 12.3 Å². The van der Waals surface area contributed by atoms with Gasteiger partial charge in [-0.1, -0.05) is 6.07 Å². The van der Waals surface area contributed by atoms with E-state index in [1.165, 1.54) is 18.0 Å². The first-order valence-electron chi connectivity index (χ1n) is 4.06. The first-order chi connectivity index (χ1) is 6.49. The molecule has 1 rings (SSSR count). The van der Waals surface area contributed by atoms with Crippen molar-refractivity contribution in [2.24, 2.45) is 5.73 Å². The van der Waals surface area contributed by atoms with E-state index in [0.29, 0.717) is 11.4 Å². The Morgan fingerprint density at radius 2 is 2.07 bits per heavy atom. The van der Waals surface area contributed by atoms with Crippen molar-refractivity contribution in [3.63, 3.8) is 0 Å². The Labute approximate surface area is 88.6 Å². The Balaban J connectivity index is 3.33. The Morgan fingerprint density at radius 3 is 2.50 bits per heavy atom. The first kappa shape index (κ1) is 11.6. The van der Waals surface area contributed by atoms with E-state index < -0.39 is 9.84 Å². The molecule has 1 aromatic rings. The zero-order valence-electron chi connectivity index (χ0n) is 8.15. The molecule has 1 aromatic carbocycles. The van der Waals surface area contributed by atoms with Crippen LogP contribution in [0.15, 0.2) is 28.0 Å². The van der Waals surface area contributed by atoms with Gasteiger partial charge in [-0.05, 0) is 24.0 Å². The highest BCUT2D eigenvalue weighted by Gasteiger charge is 2.12. The van der Waals surface area contributed by atoms with Crippen LogP contribution in [0, 0.1) is 0 Å². The number of nitrogens with two attached hydrogens (primary N) is 1. The molecule has 0 heterocycles. The molecule has 0 bridgehead atoms. The van der Waals surface area contributed by atoms with Gasteiger partial charge in [-0.15, -0.1) is 11.8 Å². The molecule has 78 valence electrons. The molecule has 14 heavy (non-hydrogen) atoms. The lowest BCUT2D eigenvalue weighted by Gasteiger charge is -2.06. The highest BCUT2D eigenvalue weighted by Crippen LogP contribution is 2.25. The quantitative estimate of drug-likeness (QED) is 0.796. The standard InChI is InChI=1S/C9H13NO2S2/c1-13-8-5-7(6-10)3-4-9(8)14(2,11)12/h3-5H,6,10H2,1-2H3. The third kappa shape index (κ3) is 2.50. The van der Waals surface area contributed by atoms with E-state index in [-0.39, 0.29) is 0 Å². The fourth-order valence-corrected chi connectivity index (χ4v) is 3.13. The van der Waals surface area contributed by atoms with Gasteiger partial charge in [-0.25, -0.2) is 8.42 Å². The fraction of sp³-hybridized carbons (Fsp3) is 0.333. The molecule has 0 amide bonds. The number of rotatable bonds is 3. The van der Waals surface area contributed by atoms with Gasteiger partial charge in [0.15, 0.2) is 9.84 Å². The largest absolute Gasteiger partial charge is 0.326 e. The maximum atomic E-state index is 11.4. The zero-order chi connectivity index (χ0) is 10.8. The number of hydrogen-bond acceptors (Lipinski definition) is 4. The summed E-state index contributed by atoms with van der Waals surface area (Å²) in [6.45, 7) is 0.428. The molecule has 0 aromatic heterocycles. The highest BCUT2D eigenvalue weighted by molar-refractivity contribution is 7.99. The van der Waals surface area contributed by atoms with Crippen LogP contribution < -0.4 is 5.73 Å². The molecular weight excluding hydrogens is 218 g/mol. The second-order valence-corrected chi connectivity index (χ2v) is 5.79. The van der Waals surface area contributed by atoms with Crippen LogP contribution in [-0.2, 0) is 16.4 Å². The van der Waals surface area contributed by atoms with Crippen molar-refractivity contribution in [2.45, 2.75) is 16.3 Å². The van der Waals surface area contributed by atoms with Gasteiger partial charge in [-0.3, -0.25) is 0 Å². The van der Waals surface area contributed by atoms with Gasteiger partial charge < -0.3 is 5.73 Å². The third-order valence-electron chi connectivity index (χ3n) is 1.86. The smallest absolute Gasteiger partial charge is 0.176 e. The molecule has 0 fully saturated rings. The van der Waals surface area contributed by atoms with Gasteiger partial charge in [0, 0.05) is 17.7 Å². The minimum atomic E-state index is -3.13. The summed E-state index contributed by atoms with van der Waals surface area (Å²) in [6.07, 6.45) is 3.06. The molecular formula is C9H13NO2S2. The average Bonchev–Trinajstić information content (AvgIpc) is 2.15. The second kappa shape index (κ2) is 4.33. The summed E-state index contributed by atoms with van der Waals surface area (Å²) in [4.78, 5) is 1.14. The third-order valence-corrected chi connectivity index (χ3v) is 3.92. The lowest BCUT2D eigenvalue weighted by molar-refractivity contribution is 0.600. The molecule has 5 heteroatoms. The van der Waals surface area contributed by atoms with Crippen molar-refractivity contribution in [3.8, 4) is 0 Å². The van der Waals surface area contributed by atoms with E-state index >= 15 is 0 Å². The summed E-state index contributed by atoms with van der Waals surface area (Å²) < 4.78 is 22.7. The molecule has 0 radical (unpaired) electrons. The monoisotopic (exact) mass is 231 g/mol. The molecule has 2 N–H and O–H groups in total. The molecule has 0 saturated heterocycles. The van der Waals surface area contributed by atoms with Gasteiger partial charge in [0.25, 0.3) is 0 Å². The molecule has 0 aliphatic carbocycles. The molecule has 0 atom stereocenters. The van der Waals surface area contributed by atoms with Gasteiger partial charge in [0.05, 0.1) is 4.90 Å². The van der Waals surface area contributed by atoms with Crippen molar-refractivity contribution in [1.29, 1.82) is 0 Å². The summed E-state index contributed by atoms with van der Waals surface area (Å²) in [7, 11) is -3.13. The second-order valence-electron chi connectivity index (χ2n) is 2.96. The lowest BCUT2D eigenvalue weighted by Crippen LogP contribution is -2.02. The van der Waals surface area contributed by atoms with E-state index in [0.717, 1.165) is 10.5 Å². The van der Waals surface area contributed by atoms with Crippen molar-refractivity contribution >= 4 is 21.6 Å². The molecule has 0 saturated carbocycles. The predicted molar refractivity (Wildman–Crippen MR) is 59.2 cm³/mol. The Kier molecular flexibility index (Phi) is 3.58. The van der Waals surface area contributed by atoms with Crippen molar-refractivity contribution < 1.29 is 8.42 Å². The van der Waals surface area contributed by atoms with Crippen LogP contribution in [0.2, 0.25) is 0 Å². The number of thioether (sulfide) groups is 1. The van der Waals surface area contributed by atoms with Gasteiger partial charge in [-0.2, -0.15) is 0 Å². The van der Waals surface area contributed by atoms with Gasteiger partial charge in [0.2, 0.25) is 0 Å². The first-order valence-corrected chi connectivity index (χ1v) is 7.17. The Morgan fingerprint density at radius 1 is 1.43 bits per heavy atom. The van der Waals surface area contributed by atoms with Crippen LogP contribution in [0.4, 0.5) is 0 Å². The highest BCUT2D eigenvalue weighted by atomic mass is 32.2. The fourth-order valence-electron chi connectivity index (χ4n) is 1.15. The summed E-state index contributed by atoms with van der Waals surface area (Å²) in [5.74, 6) is 0. The van der Waals surface area contributed by atoms with Crippen LogP contribution in [0.3, 0.4) is 0 Å². The Hall–Kier alpha value is -0.520. The average molecular weight is 231 g/mol. The molecule has 0 aliphatic heterocycles. The lowest BCUT2D eigenvalue weighted by atomic mass is 10.2. The summed E-state index contributed by atoms with van der Waals surface area (Å²) in [6, 6.07) is 5.18. The van der Waals surface area contributed by atoms with Crippen LogP contribution in [-0.4, -0.2) is 20.9 Å². The van der Waals surface area contributed by atoms with Crippen molar-refractivity contribution in [2.75, 3.05) is 12.5 Å². The molecule has 0 aliphatic rings. The number of benzene rings is 1. The molecule has 0 spiro atoms. The molecule has 0 unspecified atom stereocenters. The minimum Gasteiger partial charge on any atom is -0.326 e. The van der Waals surface area contributed by atoms with Crippen LogP contribution >= 0.6 is 11.8 Å². The van der Waals surface area contributed by atoms with E-state index in [4.69, 9.17) is 5.73 Å². The normalized spacial score (nSPS) is 11.6. The summed E-state index contributed by atoms with van der Waals surface area (Å²) in [5.41, 5.74) is 6.42. The van der Waals surface area contributed by atoms with Crippen molar-refractivity contribution in [1.82, 2.24) is 0 Å². The maximum absolute atomic E-state index is 11.4.